The van der Waals surface area contributed by atoms with Gasteiger partial charge in [-0.1, -0.05) is 42.1 Å². The summed E-state index contributed by atoms with van der Waals surface area (Å²) in [5, 5.41) is 34.0. The molecule has 2 aromatic heterocycles. The van der Waals surface area contributed by atoms with Crippen LogP contribution in [0.3, 0.4) is 0 Å². The lowest BCUT2D eigenvalue weighted by atomic mass is 9.96. The Bertz CT molecular complexity index is 1450. The van der Waals surface area contributed by atoms with Crippen molar-refractivity contribution in [2.75, 3.05) is 25.6 Å². The molecule has 2 unspecified atom stereocenters. The topological polar surface area (TPSA) is 198 Å². The number of ether oxygens (including phenoxy) is 1. The number of aromatic nitrogens is 4. The van der Waals surface area contributed by atoms with E-state index in [1.54, 1.807) is 13.8 Å². The summed E-state index contributed by atoms with van der Waals surface area (Å²) in [4.78, 5) is 34.9. The van der Waals surface area contributed by atoms with Crippen molar-refractivity contribution < 1.29 is 38.5 Å². The average Bonchev–Trinajstić information content (AvgIpc) is 3.48. The predicted octanol–water partition coefficient (Wildman–Crippen LogP) is 1.34. The number of aliphatic hydroxyl groups excluding tert-OH is 2. The molecular weight excluding hydrogens is 577 g/mol. The fraction of sp³-hybridized carbons (Fsp3) is 0.520. The van der Waals surface area contributed by atoms with E-state index in [1.807, 2.05) is 30.3 Å². The van der Waals surface area contributed by atoms with Crippen LogP contribution in [-0.2, 0) is 29.7 Å². The summed E-state index contributed by atoms with van der Waals surface area (Å²) in [6.07, 6.45) is -1.37. The Kier molecular flexibility index (Phi) is 9.84. The van der Waals surface area contributed by atoms with Gasteiger partial charge in [0.05, 0.1) is 37.9 Å². The number of imidazole rings is 1. The van der Waals surface area contributed by atoms with Gasteiger partial charge in [-0.25, -0.2) is 19.6 Å². The van der Waals surface area contributed by atoms with Gasteiger partial charge < -0.3 is 25.0 Å². The van der Waals surface area contributed by atoms with Gasteiger partial charge in [-0.2, -0.15) is 0 Å². The molecule has 4 rings (SSSR count). The molecule has 5 N–H and O–H groups in total. The zero-order chi connectivity index (χ0) is 29.8. The van der Waals surface area contributed by atoms with Crippen molar-refractivity contribution in [1.29, 1.82) is 0 Å². The van der Waals surface area contributed by atoms with Crippen LogP contribution in [0, 0.1) is 5.41 Å². The minimum absolute atomic E-state index is 0.0304. The van der Waals surface area contributed by atoms with Crippen LogP contribution >= 0.6 is 19.5 Å². The first-order valence-electron chi connectivity index (χ1n) is 12.8. The van der Waals surface area contributed by atoms with Gasteiger partial charge in [0.25, 0.3) is 5.56 Å². The molecule has 1 aromatic carbocycles. The molecule has 14 nitrogen and oxygen atoms in total. The molecule has 0 radical (unpaired) electrons. The molecular formula is C25H34N5O9PS. The quantitative estimate of drug-likeness (QED) is 0.137. The highest BCUT2D eigenvalue weighted by Gasteiger charge is 2.54. The number of H-pyrrole nitrogens is 1. The van der Waals surface area contributed by atoms with E-state index in [2.05, 4.69) is 20.0 Å². The molecule has 16 heteroatoms. The van der Waals surface area contributed by atoms with E-state index < -0.39 is 49.4 Å². The molecule has 0 spiro atoms. The molecule has 1 saturated heterocycles. The summed E-state index contributed by atoms with van der Waals surface area (Å²) in [5.74, 6) is 0.155. The van der Waals surface area contributed by atoms with Gasteiger partial charge in [-0.3, -0.25) is 23.2 Å². The van der Waals surface area contributed by atoms with Crippen LogP contribution in [0.5, 0.6) is 0 Å². The highest BCUT2D eigenvalue weighted by molar-refractivity contribution is 8.13. The fourth-order valence-corrected chi connectivity index (χ4v) is 6.29. The third-order valence-corrected chi connectivity index (χ3v) is 9.37. The van der Waals surface area contributed by atoms with E-state index in [4.69, 9.17) is 13.8 Å². The molecule has 5 atom stereocenters. The average molecular weight is 612 g/mol. The van der Waals surface area contributed by atoms with Crippen molar-refractivity contribution in [2.24, 2.45) is 5.41 Å². The molecule has 1 aliphatic rings. The number of carbonyl (C=O) groups is 1. The first-order chi connectivity index (χ1) is 19.4. The van der Waals surface area contributed by atoms with Gasteiger partial charge in [-0.05, 0) is 26.3 Å². The van der Waals surface area contributed by atoms with Crippen molar-refractivity contribution in [3.05, 3.63) is 58.9 Å². The van der Waals surface area contributed by atoms with Crippen molar-refractivity contribution in [1.82, 2.24) is 24.6 Å². The maximum absolute atomic E-state index is 13.7. The van der Waals surface area contributed by atoms with E-state index in [0.29, 0.717) is 0 Å². The molecule has 1 aliphatic heterocycles. The molecule has 0 saturated carbocycles. The minimum Gasteiger partial charge on any atom is -0.395 e. The third kappa shape index (κ3) is 7.13. The first kappa shape index (κ1) is 31.5. The Morgan fingerprint density at radius 1 is 1.29 bits per heavy atom. The summed E-state index contributed by atoms with van der Waals surface area (Å²) in [6, 6.07) is 9.13. The Morgan fingerprint density at radius 2 is 2.02 bits per heavy atom. The number of nitrogens with zero attached hydrogens (tertiary/aromatic N) is 3. The lowest BCUT2D eigenvalue weighted by Crippen LogP contribution is -2.44. The summed E-state index contributed by atoms with van der Waals surface area (Å²) in [6.45, 7) is 3.87. The van der Waals surface area contributed by atoms with Crippen LogP contribution in [0.15, 0.2) is 47.8 Å². The number of aromatic amines is 1. The van der Waals surface area contributed by atoms with E-state index in [1.165, 1.54) is 24.1 Å². The normalized spacial score (nSPS) is 24.5. The number of thioether (sulfide) groups is 1. The van der Waals surface area contributed by atoms with E-state index in [0.717, 1.165) is 17.3 Å². The second-order valence-corrected chi connectivity index (χ2v) is 13.3. The second-order valence-electron chi connectivity index (χ2n) is 10.4. The first-order valence-corrected chi connectivity index (χ1v) is 15.3. The van der Waals surface area contributed by atoms with Crippen LogP contribution < -0.4 is 10.6 Å². The van der Waals surface area contributed by atoms with Gasteiger partial charge >= 0.3 is 7.75 Å². The second kappa shape index (κ2) is 12.8. The third-order valence-electron chi connectivity index (χ3n) is 6.63. The van der Waals surface area contributed by atoms with Crippen molar-refractivity contribution >= 4 is 35.8 Å². The molecule has 0 aliphatic carbocycles. The van der Waals surface area contributed by atoms with Crippen LogP contribution in [0.25, 0.3) is 11.2 Å². The van der Waals surface area contributed by atoms with Crippen LogP contribution in [0.4, 0.5) is 0 Å². The molecule has 1 fully saturated rings. The maximum atomic E-state index is 13.7. The smallest absolute Gasteiger partial charge is 0.395 e. The molecule has 0 amide bonds. The Labute approximate surface area is 240 Å². The molecule has 41 heavy (non-hydrogen) atoms. The summed E-state index contributed by atoms with van der Waals surface area (Å²) in [5.41, 5.74) is -2.28. The van der Waals surface area contributed by atoms with E-state index in [9.17, 15) is 29.5 Å². The highest BCUT2D eigenvalue weighted by Crippen LogP contribution is 2.46. The van der Waals surface area contributed by atoms with E-state index in [-0.39, 0.29) is 41.8 Å². The van der Waals surface area contributed by atoms with Gasteiger partial charge in [-0.15, -0.1) is 0 Å². The maximum Gasteiger partial charge on any atom is 0.405 e. The summed E-state index contributed by atoms with van der Waals surface area (Å²) < 4.78 is 32.2. The van der Waals surface area contributed by atoms with Crippen molar-refractivity contribution in [2.45, 2.75) is 51.4 Å². The number of nitrogens with one attached hydrogen (secondary N) is 2. The number of fused-ring (bicyclic) bond motifs is 1. The van der Waals surface area contributed by atoms with Crippen molar-refractivity contribution in [3.8, 4) is 0 Å². The molecule has 0 bridgehead atoms. The number of aliphatic hydroxyl groups is 3. The Morgan fingerprint density at radius 3 is 2.73 bits per heavy atom. The van der Waals surface area contributed by atoms with Crippen LogP contribution in [0.2, 0.25) is 0 Å². The van der Waals surface area contributed by atoms with E-state index >= 15 is 0 Å². The number of benzene rings is 1. The zero-order valence-corrected chi connectivity index (χ0v) is 24.5. The largest absolute Gasteiger partial charge is 0.405 e. The minimum atomic E-state index is -4.01. The molecule has 3 heterocycles. The summed E-state index contributed by atoms with van der Waals surface area (Å²) in [7, 11) is -4.01. The van der Waals surface area contributed by atoms with Crippen molar-refractivity contribution in [3.63, 3.8) is 0 Å². The lowest BCUT2D eigenvalue weighted by Gasteiger charge is -2.27. The zero-order valence-electron chi connectivity index (χ0n) is 22.8. The van der Waals surface area contributed by atoms with Gasteiger partial charge in [0, 0.05) is 12.3 Å². The number of hydrogen-bond donors (Lipinski definition) is 5. The predicted molar refractivity (Wildman–Crippen MR) is 150 cm³/mol. The molecule has 3 aromatic rings. The van der Waals surface area contributed by atoms with Gasteiger partial charge in [0.15, 0.2) is 22.5 Å². The lowest BCUT2D eigenvalue weighted by molar-refractivity contribution is -0.119. The standard InChI is InChI=1S/C25H34N5O9PS/c1-24(2,13-31)23(34)41-10-9-37-40(36,29-11-16-7-5-4-6-8-16)38-12-17-19(32)25(3,35)22(39-17)30-15-28-18-20(30)26-14-27-21(18)33/h4-8,14-15,17,19,22,31-32,35H,9-13H2,1-3H3,(H,29,36)(H,26,27,33)/t17-,19?,22+,25+,40?/m1/s1. The number of carbonyl (C=O) groups excluding carboxylic acids is 1. The monoisotopic (exact) mass is 611 g/mol. The van der Waals surface area contributed by atoms with Gasteiger partial charge in [0.1, 0.15) is 17.8 Å². The fourth-order valence-electron chi connectivity index (χ4n) is 4.05. The van der Waals surface area contributed by atoms with Gasteiger partial charge in [0.2, 0.25) is 0 Å². The SMILES string of the molecule is CC(C)(CO)C(=O)SCCOP(=O)(NCc1ccccc1)OC[C@H]1O[C@H](n2cnc3c(=O)[nH]cnc32)[C@@](C)(O)C1O. The summed E-state index contributed by atoms with van der Waals surface area (Å²) >= 11 is 0.942. The number of hydrogen-bond acceptors (Lipinski definition) is 12. The Hall–Kier alpha value is -2.46. The Balaban J connectivity index is 1.45. The molecule has 224 valence electrons. The van der Waals surface area contributed by atoms with Crippen LogP contribution in [0.1, 0.15) is 32.6 Å². The van der Waals surface area contributed by atoms with Crippen LogP contribution in [-0.4, -0.2) is 83.3 Å². The highest BCUT2D eigenvalue weighted by atomic mass is 32.2. The number of rotatable bonds is 13.